The molecule has 12 aromatic rings. The Morgan fingerprint density at radius 3 is 1.24 bits per heavy atom. The number of rotatable bonds is 5. The van der Waals surface area contributed by atoms with Gasteiger partial charge >= 0.3 is 0 Å². The van der Waals surface area contributed by atoms with Crippen LogP contribution in [0.4, 0.5) is 5.69 Å². The van der Waals surface area contributed by atoms with Crippen LogP contribution in [0.3, 0.4) is 0 Å². The second-order valence-corrected chi connectivity index (χ2v) is 21.3. The molecule has 0 fully saturated rings. The van der Waals surface area contributed by atoms with E-state index in [1.165, 1.54) is 44.5 Å². The van der Waals surface area contributed by atoms with Crippen LogP contribution in [0.1, 0.15) is 66.6 Å². The molecule has 354 valence electrons. The lowest BCUT2D eigenvalue weighted by atomic mass is 9.82. The maximum Gasteiger partial charge on any atom is 0.212 e. The summed E-state index contributed by atoms with van der Waals surface area (Å²) in [4.78, 5) is 4.19. The third kappa shape index (κ3) is 6.17. The summed E-state index contributed by atoms with van der Waals surface area (Å²) in [6.07, 6.45) is 0. The minimum Gasteiger partial charge on any atom is -0.318 e. The molecular weight excluding hydrogens is 925 g/mol. The van der Waals surface area contributed by atoms with Crippen molar-refractivity contribution in [2.45, 2.75) is 38.5 Å². The number of para-hydroxylation sites is 2. The molecule has 0 atom stereocenters. The van der Waals surface area contributed by atoms with E-state index in [9.17, 15) is 15.8 Å². The predicted octanol–water partition coefficient (Wildman–Crippen LogP) is 17.7. The standard InChI is InChI=1S/C70H44N6/c1-69(2)58-23-13-9-19-50(58)54-34-56-52-21-11-15-25-63(52)75(65(56)36-60(54)69)67-47(38-71)30-45(31-48(67)39-72)43-27-42(41-17-7-6-8-18-41)28-44(29-43)46-32-49(40-73)68(62(33-46)74-5)76-64-26-16-12-22-53(64)57-35-55-51-20-10-14-24-59(51)70(3,4)61(55)37-66(57)76/h6-37H,1-4H3. The van der Waals surface area contributed by atoms with Gasteiger partial charge in [0.05, 0.1) is 62.8 Å². The van der Waals surface area contributed by atoms with E-state index in [0.29, 0.717) is 44.9 Å². The Bertz CT molecular complexity index is 4390. The van der Waals surface area contributed by atoms with Crippen LogP contribution in [-0.2, 0) is 10.8 Å². The smallest absolute Gasteiger partial charge is 0.212 e. The molecule has 0 spiro atoms. The molecule has 0 saturated carbocycles. The van der Waals surface area contributed by atoms with Gasteiger partial charge in [-0.05, 0) is 157 Å². The summed E-state index contributed by atoms with van der Waals surface area (Å²) in [5.74, 6) is 0. The van der Waals surface area contributed by atoms with Crippen LogP contribution < -0.4 is 0 Å². The number of nitriles is 3. The Morgan fingerprint density at radius 2 is 0.750 bits per heavy atom. The molecule has 2 aliphatic rings. The van der Waals surface area contributed by atoms with Crippen molar-refractivity contribution < 1.29 is 0 Å². The van der Waals surface area contributed by atoms with Gasteiger partial charge in [-0.1, -0.05) is 143 Å². The van der Waals surface area contributed by atoms with Crippen LogP contribution in [0.2, 0.25) is 0 Å². The summed E-state index contributed by atoms with van der Waals surface area (Å²) in [5.41, 5.74) is 20.3. The van der Waals surface area contributed by atoms with Gasteiger partial charge in [0.2, 0.25) is 5.69 Å². The molecule has 0 amide bonds. The summed E-state index contributed by atoms with van der Waals surface area (Å²) >= 11 is 0. The zero-order valence-electron chi connectivity index (χ0n) is 42.2. The summed E-state index contributed by atoms with van der Waals surface area (Å²) in [5, 5.41) is 37.8. The Labute approximate surface area is 440 Å². The first-order chi connectivity index (χ1) is 37.0. The van der Waals surface area contributed by atoms with Gasteiger partial charge < -0.3 is 9.13 Å². The van der Waals surface area contributed by atoms with Crippen molar-refractivity contribution in [1.82, 2.24) is 9.13 Å². The lowest BCUT2D eigenvalue weighted by molar-refractivity contribution is 0.661. The summed E-state index contributed by atoms with van der Waals surface area (Å²) < 4.78 is 4.22. The average Bonchev–Trinajstić information content (AvgIpc) is 4.30. The number of hydrogen-bond donors (Lipinski definition) is 0. The van der Waals surface area contributed by atoms with Gasteiger partial charge in [-0.2, -0.15) is 15.8 Å². The first-order valence-electron chi connectivity index (χ1n) is 25.5. The molecule has 0 radical (unpaired) electrons. The van der Waals surface area contributed by atoms with E-state index in [4.69, 9.17) is 6.57 Å². The van der Waals surface area contributed by atoms with E-state index in [-0.39, 0.29) is 10.8 Å². The van der Waals surface area contributed by atoms with E-state index in [2.05, 4.69) is 181 Å². The minimum atomic E-state index is -0.261. The van der Waals surface area contributed by atoms with Gasteiger partial charge in [0.25, 0.3) is 0 Å². The third-order valence-corrected chi connectivity index (χ3v) is 16.6. The molecule has 0 saturated heterocycles. The zero-order chi connectivity index (χ0) is 51.8. The van der Waals surface area contributed by atoms with Gasteiger partial charge in [-0.15, -0.1) is 0 Å². The first-order valence-corrected chi connectivity index (χ1v) is 25.5. The predicted molar refractivity (Wildman–Crippen MR) is 307 cm³/mol. The average molecular weight is 969 g/mol. The monoisotopic (exact) mass is 968 g/mol. The Balaban J connectivity index is 0.957. The van der Waals surface area contributed by atoms with Crippen LogP contribution in [0, 0.1) is 40.6 Å². The highest BCUT2D eigenvalue weighted by Crippen LogP contribution is 2.53. The summed E-state index contributed by atoms with van der Waals surface area (Å²) in [7, 11) is 0. The largest absolute Gasteiger partial charge is 0.318 e. The molecule has 2 aliphatic carbocycles. The Kier molecular flexibility index (Phi) is 9.44. The van der Waals surface area contributed by atoms with Crippen molar-refractivity contribution in [3.05, 3.63) is 244 Å². The quantitative estimate of drug-likeness (QED) is 0.161. The third-order valence-electron chi connectivity index (χ3n) is 16.6. The molecular formula is C70H44N6. The van der Waals surface area contributed by atoms with Crippen molar-refractivity contribution in [3.63, 3.8) is 0 Å². The van der Waals surface area contributed by atoms with Gasteiger partial charge in [0, 0.05) is 32.4 Å². The van der Waals surface area contributed by atoms with E-state index >= 15 is 0 Å². The lowest BCUT2D eigenvalue weighted by Gasteiger charge is -2.22. The SMILES string of the molecule is [C-]#[N+]c1cc(-c2cc(-c3ccccc3)cc(-c3cc(C#N)c(-n4c5ccccc5c5cc6c(cc54)C(C)(C)c4ccccc4-6)c(C#N)c3)c2)cc(C#N)c1-n1c2ccccc2c2cc3c(cc21)C(C)(C)c1ccccc1-3. The molecule has 6 nitrogen and oxygen atoms in total. The highest BCUT2D eigenvalue weighted by Gasteiger charge is 2.38. The fraction of sp³-hybridized carbons (Fsp3) is 0.0857. The molecule has 0 aliphatic heterocycles. The molecule has 2 aromatic heterocycles. The molecule has 76 heavy (non-hydrogen) atoms. The molecule has 0 unspecified atom stereocenters. The van der Waals surface area contributed by atoms with Crippen LogP contribution in [-0.4, -0.2) is 9.13 Å². The normalized spacial score (nSPS) is 13.4. The number of nitrogens with zero attached hydrogens (tertiary/aromatic N) is 6. The molecule has 0 N–H and O–H groups in total. The fourth-order valence-electron chi connectivity index (χ4n) is 13.0. The molecule has 10 aromatic carbocycles. The van der Waals surface area contributed by atoms with Crippen molar-refractivity contribution in [2.75, 3.05) is 0 Å². The van der Waals surface area contributed by atoms with E-state index in [0.717, 1.165) is 65.9 Å². The van der Waals surface area contributed by atoms with Crippen molar-refractivity contribution in [1.29, 1.82) is 15.8 Å². The Hall–Kier alpha value is -10.2. The maximum atomic E-state index is 11.2. The van der Waals surface area contributed by atoms with Crippen LogP contribution in [0.15, 0.2) is 194 Å². The number of benzene rings is 10. The second-order valence-electron chi connectivity index (χ2n) is 21.3. The van der Waals surface area contributed by atoms with Gasteiger partial charge in [0.1, 0.15) is 12.1 Å². The fourth-order valence-corrected chi connectivity index (χ4v) is 13.0. The van der Waals surface area contributed by atoms with Crippen LogP contribution in [0.5, 0.6) is 0 Å². The molecule has 2 heterocycles. The highest BCUT2D eigenvalue weighted by molar-refractivity contribution is 6.14. The Morgan fingerprint density at radius 1 is 0.355 bits per heavy atom. The number of fused-ring (bicyclic) bond motifs is 12. The molecule has 14 rings (SSSR count). The second kappa shape index (κ2) is 16.1. The van der Waals surface area contributed by atoms with Crippen LogP contribution in [0.25, 0.3) is 115 Å². The molecule has 6 heteroatoms. The van der Waals surface area contributed by atoms with Crippen LogP contribution >= 0.6 is 0 Å². The van der Waals surface area contributed by atoms with Crippen molar-refractivity contribution in [3.8, 4) is 85.2 Å². The number of aromatic nitrogens is 2. The first kappa shape index (κ1) is 44.5. The summed E-state index contributed by atoms with van der Waals surface area (Å²) in [6, 6.07) is 74.3. The van der Waals surface area contributed by atoms with E-state index in [1.807, 2.05) is 72.8 Å². The number of hydrogen-bond acceptors (Lipinski definition) is 3. The van der Waals surface area contributed by atoms with E-state index in [1.54, 1.807) is 0 Å². The van der Waals surface area contributed by atoms with Gasteiger partial charge in [-0.25, -0.2) is 4.85 Å². The zero-order valence-corrected chi connectivity index (χ0v) is 42.2. The van der Waals surface area contributed by atoms with Crippen molar-refractivity contribution >= 4 is 49.3 Å². The summed E-state index contributed by atoms with van der Waals surface area (Å²) in [6.45, 7) is 17.8. The minimum absolute atomic E-state index is 0.258. The van der Waals surface area contributed by atoms with Gasteiger partial charge in [0.15, 0.2) is 0 Å². The van der Waals surface area contributed by atoms with E-state index < -0.39 is 0 Å². The van der Waals surface area contributed by atoms with Gasteiger partial charge in [-0.3, -0.25) is 0 Å². The topological polar surface area (TPSA) is 85.6 Å². The lowest BCUT2D eigenvalue weighted by Crippen LogP contribution is -2.15. The highest BCUT2D eigenvalue weighted by atomic mass is 15.0. The maximum absolute atomic E-state index is 11.2. The van der Waals surface area contributed by atoms with Crippen molar-refractivity contribution in [2.24, 2.45) is 0 Å². The molecule has 0 bridgehead atoms.